The molecule has 1 fully saturated rings. The van der Waals surface area contributed by atoms with Crippen LogP contribution in [0.4, 0.5) is 0 Å². The second kappa shape index (κ2) is 13.4. The molecule has 9 atom stereocenters. The van der Waals surface area contributed by atoms with Crippen molar-refractivity contribution in [2.45, 2.75) is 81.3 Å². The molecule has 1 aliphatic carbocycles. The molecule has 12 N–H and O–H groups in total. The molecule has 2 aliphatic rings. The monoisotopic (exact) mass is 476 g/mol. The third kappa shape index (κ3) is 8.02. The lowest BCUT2D eigenvalue weighted by molar-refractivity contribution is -0.269. The Hall–Kier alpha value is -1.55. The van der Waals surface area contributed by atoms with Gasteiger partial charge < -0.3 is 62.5 Å². The normalized spacial score (nSPS) is 32.9. The van der Waals surface area contributed by atoms with Gasteiger partial charge in [-0.05, 0) is 32.9 Å². The minimum Gasteiger partial charge on any atom is -0.468 e. The van der Waals surface area contributed by atoms with Crippen molar-refractivity contribution in [1.82, 2.24) is 5.32 Å². The lowest BCUT2D eigenvalue weighted by Crippen LogP contribution is -2.64. The van der Waals surface area contributed by atoms with E-state index in [4.69, 9.17) is 47.0 Å². The summed E-state index contributed by atoms with van der Waals surface area (Å²) in [7, 11) is 1.68. The van der Waals surface area contributed by atoms with Crippen molar-refractivity contribution in [2.75, 3.05) is 26.8 Å². The molecule has 1 aliphatic heterocycles. The minimum atomic E-state index is -1.21. The number of hydrogen-bond donors (Lipinski definition) is 8. The van der Waals surface area contributed by atoms with Gasteiger partial charge in [0.05, 0.1) is 19.8 Å². The number of nitrogens with one attached hydrogen (secondary N) is 1. The molecule has 0 amide bonds. The highest BCUT2D eigenvalue weighted by atomic mass is 16.7. The van der Waals surface area contributed by atoms with Gasteiger partial charge in [-0.15, -0.1) is 0 Å². The SMILES string of the molecule is CN[C@@H](C)[C@@H](O)[C@H](OCCO)O[C@@H]1[C@@H](O)[C@H](O[C@@H]2CCC=C(CN=C(N)N)O2)[C@@H](N)C[C@H]1N. The van der Waals surface area contributed by atoms with Crippen molar-refractivity contribution < 1.29 is 34.3 Å². The Bertz CT molecular complexity index is 650. The fourth-order valence-corrected chi connectivity index (χ4v) is 3.79. The summed E-state index contributed by atoms with van der Waals surface area (Å²) in [6, 6.07) is -1.58. The molecule has 0 spiro atoms. The molecule has 0 aromatic rings. The Balaban J connectivity index is 2.07. The summed E-state index contributed by atoms with van der Waals surface area (Å²) in [5.74, 6) is 0.513. The topological polar surface area (TPSA) is 226 Å². The van der Waals surface area contributed by atoms with Crippen LogP contribution in [0.5, 0.6) is 0 Å². The Morgan fingerprint density at radius 2 is 2.00 bits per heavy atom. The first kappa shape index (κ1) is 27.7. The number of nitrogens with zero attached hydrogens (tertiary/aromatic N) is 1. The maximum Gasteiger partial charge on any atom is 0.200 e. The van der Waals surface area contributed by atoms with E-state index in [2.05, 4.69) is 10.3 Å². The molecular formula is C20H40N6O7. The molecule has 0 aromatic heterocycles. The van der Waals surface area contributed by atoms with Gasteiger partial charge in [-0.2, -0.15) is 0 Å². The van der Waals surface area contributed by atoms with Gasteiger partial charge in [-0.1, -0.05) is 0 Å². The van der Waals surface area contributed by atoms with E-state index in [0.29, 0.717) is 25.0 Å². The first-order valence-electron chi connectivity index (χ1n) is 11.2. The number of aliphatic hydroxyl groups is 3. The van der Waals surface area contributed by atoms with Crippen LogP contribution in [0, 0.1) is 0 Å². The maximum atomic E-state index is 11.1. The second-order valence-corrected chi connectivity index (χ2v) is 8.32. The van der Waals surface area contributed by atoms with Crippen LogP contribution < -0.4 is 28.3 Å². The van der Waals surface area contributed by atoms with Gasteiger partial charge in [0.2, 0.25) is 0 Å². The molecule has 0 unspecified atom stereocenters. The Labute approximate surface area is 194 Å². The zero-order chi connectivity index (χ0) is 24.5. The fraction of sp³-hybridized carbons (Fsp3) is 0.850. The number of allylic oxidation sites excluding steroid dienone is 1. The molecule has 0 bridgehead atoms. The van der Waals surface area contributed by atoms with E-state index in [1.54, 1.807) is 14.0 Å². The molecular weight excluding hydrogens is 436 g/mol. The number of hydrogen-bond acceptors (Lipinski definition) is 11. The summed E-state index contributed by atoms with van der Waals surface area (Å²) in [6.07, 6.45) is -2.44. The third-order valence-corrected chi connectivity index (χ3v) is 5.76. The van der Waals surface area contributed by atoms with Gasteiger partial charge in [0.15, 0.2) is 18.5 Å². The van der Waals surface area contributed by atoms with Gasteiger partial charge in [0.1, 0.15) is 30.2 Å². The summed E-state index contributed by atoms with van der Waals surface area (Å²) in [5, 5.41) is 33.7. The van der Waals surface area contributed by atoms with Crippen LogP contribution in [0.1, 0.15) is 26.2 Å². The highest BCUT2D eigenvalue weighted by molar-refractivity contribution is 5.75. The average Bonchev–Trinajstić information content (AvgIpc) is 2.79. The molecule has 13 nitrogen and oxygen atoms in total. The zero-order valence-corrected chi connectivity index (χ0v) is 19.2. The number of nitrogens with two attached hydrogens (primary N) is 4. The van der Waals surface area contributed by atoms with Gasteiger partial charge in [-0.3, -0.25) is 0 Å². The smallest absolute Gasteiger partial charge is 0.200 e. The highest BCUT2D eigenvalue weighted by Crippen LogP contribution is 2.29. The predicted octanol–water partition coefficient (Wildman–Crippen LogP) is -3.23. The quantitative estimate of drug-likeness (QED) is 0.0790. The number of ether oxygens (including phenoxy) is 4. The average molecular weight is 477 g/mol. The van der Waals surface area contributed by atoms with Crippen LogP contribution in [0.25, 0.3) is 0 Å². The van der Waals surface area contributed by atoms with Crippen LogP contribution in [-0.2, 0) is 18.9 Å². The van der Waals surface area contributed by atoms with Crippen molar-refractivity contribution in [3.05, 3.63) is 11.8 Å². The first-order valence-corrected chi connectivity index (χ1v) is 11.2. The van der Waals surface area contributed by atoms with Gasteiger partial charge in [0.25, 0.3) is 0 Å². The highest BCUT2D eigenvalue weighted by Gasteiger charge is 2.46. The van der Waals surface area contributed by atoms with E-state index >= 15 is 0 Å². The van der Waals surface area contributed by atoms with Gasteiger partial charge in [-0.25, -0.2) is 4.99 Å². The Morgan fingerprint density at radius 3 is 2.64 bits per heavy atom. The van der Waals surface area contributed by atoms with Crippen LogP contribution in [-0.4, -0.2) is 103 Å². The van der Waals surface area contributed by atoms with Crippen LogP contribution in [0.2, 0.25) is 0 Å². The third-order valence-electron chi connectivity index (χ3n) is 5.76. The molecule has 13 heteroatoms. The zero-order valence-electron chi connectivity index (χ0n) is 19.2. The van der Waals surface area contributed by atoms with E-state index in [1.807, 2.05) is 6.08 Å². The lowest BCUT2D eigenvalue weighted by Gasteiger charge is -2.44. The molecule has 1 heterocycles. The van der Waals surface area contributed by atoms with E-state index < -0.39 is 49.1 Å². The van der Waals surface area contributed by atoms with Crippen LogP contribution in [0.15, 0.2) is 16.8 Å². The standard InChI is InChI=1S/C20H40N6O7/c1-10(25-2)15(28)19(30-7-6-27)33-18-13(22)8-12(21)17(16(18)29)32-14-5-3-4-11(31-14)9-26-20(23)24/h4,10,12-19,25,27-29H,3,5-9,21-22H2,1-2H3,(H4,23,24,26)/t10-,12-,13+,14+,15+,16-,17+,18-,19+/m0/s1. The van der Waals surface area contributed by atoms with Crippen molar-refractivity contribution in [1.29, 1.82) is 0 Å². The fourth-order valence-electron chi connectivity index (χ4n) is 3.79. The molecule has 0 saturated heterocycles. The maximum absolute atomic E-state index is 11.1. The minimum absolute atomic E-state index is 0.0472. The van der Waals surface area contributed by atoms with Crippen LogP contribution in [0.3, 0.4) is 0 Å². The number of rotatable bonds is 12. The van der Waals surface area contributed by atoms with Crippen molar-refractivity contribution >= 4 is 5.96 Å². The summed E-state index contributed by atoms with van der Waals surface area (Å²) in [4.78, 5) is 3.93. The van der Waals surface area contributed by atoms with E-state index in [9.17, 15) is 10.2 Å². The van der Waals surface area contributed by atoms with Crippen molar-refractivity contribution in [3.63, 3.8) is 0 Å². The Morgan fingerprint density at radius 1 is 1.30 bits per heavy atom. The summed E-state index contributed by atoms with van der Waals surface area (Å²) >= 11 is 0. The van der Waals surface area contributed by atoms with Crippen LogP contribution >= 0.6 is 0 Å². The molecule has 2 rings (SSSR count). The summed E-state index contributed by atoms with van der Waals surface area (Å²) in [6.45, 7) is 1.61. The van der Waals surface area contributed by atoms with Gasteiger partial charge in [0, 0.05) is 24.5 Å². The van der Waals surface area contributed by atoms with E-state index in [-0.39, 0.29) is 31.8 Å². The number of likely N-dealkylation sites (N-methyl/N-ethyl adjacent to an activating group) is 1. The van der Waals surface area contributed by atoms with E-state index in [0.717, 1.165) is 0 Å². The summed E-state index contributed by atoms with van der Waals surface area (Å²) < 4.78 is 23.2. The molecule has 192 valence electrons. The molecule has 0 aromatic carbocycles. The lowest BCUT2D eigenvalue weighted by atomic mass is 9.84. The van der Waals surface area contributed by atoms with E-state index in [1.165, 1.54) is 0 Å². The second-order valence-electron chi connectivity index (χ2n) is 8.32. The summed E-state index contributed by atoms with van der Waals surface area (Å²) in [5.41, 5.74) is 23.2. The largest absolute Gasteiger partial charge is 0.468 e. The Kier molecular flexibility index (Phi) is 11.2. The molecule has 33 heavy (non-hydrogen) atoms. The van der Waals surface area contributed by atoms with Gasteiger partial charge >= 0.3 is 0 Å². The number of aliphatic hydroxyl groups excluding tert-OH is 3. The number of guanidine groups is 1. The number of aliphatic imine (C=N–C) groups is 1. The first-order chi connectivity index (χ1) is 15.7. The van der Waals surface area contributed by atoms with Crippen molar-refractivity contribution in [2.24, 2.45) is 27.9 Å². The molecule has 0 radical (unpaired) electrons. The van der Waals surface area contributed by atoms with Crippen molar-refractivity contribution in [3.8, 4) is 0 Å². The molecule has 1 saturated carbocycles. The predicted molar refractivity (Wildman–Crippen MR) is 121 cm³/mol.